The van der Waals surface area contributed by atoms with E-state index in [4.69, 9.17) is 0 Å². The first-order valence-electron chi connectivity index (χ1n) is 11.7. The van der Waals surface area contributed by atoms with Crippen molar-refractivity contribution in [1.82, 2.24) is 19.4 Å². The Morgan fingerprint density at radius 1 is 1.09 bits per heavy atom. The fraction of sp³-hybridized carbons (Fsp3) is 0.296. The van der Waals surface area contributed by atoms with Gasteiger partial charge in [0, 0.05) is 49.5 Å². The first kappa shape index (κ1) is 20.2. The largest absolute Gasteiger partial charge is 0.371 e. The number of halogens is 1. The van der Waals surface area contributed by atoms with Crippen LogP contribution in [0.15, 0.2) is 67.1 Å². The molecule has 1 atom stereocenters. The van der Waals surface area contributed by atoms with Crippen LogP contribution in [0.1, 0.15) is 18.4 Å². The van der Waals surface area contributed by atoms with Gasteiger partial charge < -0.3 is 14.8 Å². The third-order valence-corrected chi connectivity index (χ3v) is 7.06. The van der Waals surface area contributed by atoms with Gasteiger partial charge in [0.25, 0.3) is 0 Å². The number of anilines is 1. The molecule has 2 aromatic heterocycles. The lowest BCUT2D eigenvalue weighted by molar-refractivity contribution is 0.521. The molecule has 1 saturated heterocycles. The van der Waals surface area contributed by atoms with Crippen LogP contribution >= 0.6 is 0 Å². The second-order valence-electron chi connectivity index (χ2n) is 9.18. The van der Waals surface area contributed by atoms with Crippen LogP contribution in [0.4, 0.5) is 10.1 Å². The highest BCUT2D eigenvalue weighted by Gasteiger charge is 2.25. The molecule has 4 heterocycles. The Bertz CT molecular complexity index is 1290. The quantitative estimate of drug-likeness (QED) is 0.420. The summed E-state index contributed by atoms with van der Waals surface area (Å²) in [7, 11) is 2.03. The molecular weight excluding hydrogens is 413 g/mol. The van der Waals surface area contributed by atoms with Crippen molar-refractivity contribution in [3.63, 3.8) is 0 Å². The summed E-state index contributed by atoms with van der Waals surface area (Å²) < 4.78 is 17.9. The van der Waals surface area contributed by atoms with Gasteiger partial charge in [-0.15, -0.1) is 0 Å². The second kappa shape index (κ2) is 8.19. The molecule has 6 rings (SSSR count). The van der Waals surface area contributed by atoms with Crippen molar-refractivity contribution < 1.29 is 4.39 Å². The van der Waals surface area contributed by atoms with Crippen LogP contribution in [-0.2, 0) is 6.54 Å². The minimum atomic E-state index is -0.216. The normalized spacial score (nSPS) is 16.9. The lowest BCUT2D eigenvalue weighted by atomic mass is 10.1. The molecule has 168 valence electrons. The van der Waals surface area contributed by atoms with Crippen molar-refractivity contribution in [3.8, 4) is 28.3 Å². The zero-order valence-corrected chi connectivity index (χ0v) is 18.8. The highest BCUT2D eigenvalue weighted by molar-refractivity contribution is 5.72. The molecule has 1 N–H and O–H groups in total. The second-order valence-corrected chi connectivity index (χ2v) is 9.18. The standard InChI is InChI=1S/C27H28FN5/c1-29-10-8-19-9-12-31(16-19)24-6-7-25-22(14-24)18-32-17-21(20-2-4-23(28)5-3-20)15-26(32)27-30-11-13-33(25)27/h2-7,11,13-15,17,19,29H,8-10,12,16,18H2,1H3. The molecule has 0 radical (unpaired) electrons. The maximum Gasteiger partial charge on any atom is 0.161 e. The number of aromatic nitrogens is 3. The molecule has 0 spiro atoms. The van der Waals surface area contributed by atoms with E-state index in [1.807, 2.05) is 31.6 Å². The van der Waals surface area contributed by atoms with Crippen LogP contribution in [0.3, 0.4) is 0 Å². The van der Waals surface area contributed by atoms with Gasteiger partial charge >= 0.3 is 0 Å². The molecule has 0 saturated carbocycles. The van der Waals surface area contributed by atoms with Crippen LogP contribution in [0.25, 0.3) is 28.3 Å². The van der Waals surface area contributed by atoms with Crippen LogP contribution in [0, 0.1) is 11.7 Å². The average molecular weight is 442 g/mol. The Morgan fingerprint density at radius 3 is 2.82 bits per heavy atom. The minimum absolute atomic E-state index is 0.216. The molecule has 0 amide bonds. The molecular formula is C27H28FN5. The van der Waals surface area contributed by atoms with E-state index >= 15 is 0 Å². The number of hydrogen-bond acceptors (Lipinski definition) is 3. The zero-order chi connectivity index (χ0) is 22.4. The molecule has 6 heteroatoms. The van der Waals surface area contributed by atoms with Crippen molar-refractivity contribution in [2.75, 3.05) is 31.6 Å². The zero-order valence-electron chi connectivity index (χ0n) is 18.8. The van der Waals surface area contributed by atoms with E-state index in [1.54, 1.807) is 0 Å². The van der Waals surface area contributed by atoms with Crippen molar-refractivity contribution in [3.05, 3.63) is 78.5 Å². The molecule has 2 aliphatic rings. The minimum Gasteiger partial charge on any atom is -0.371 e. The van der Waals surface area contributed by atoms with Crippen molar-refractivity contribution in [2.45, 2.75) is 19.4 Å². The van der Waals surface area contributed by atoms with E-state index in [0.717, 1.165) is 54.7 Å². The monoisotopic (exact) mass is 441 g/mol. The first-order valence-corrected chi connectivity index (χ1v) is 11.7. The number of nitrogens with one attached hydrogen (secondary N) is 1. The van der Waals surface area contributed by atoms with Gasteiger partial charge in [-0.25, -0.2) is 9.37 Å². The summed E-state index contributed by atoms with van der Waals surface area (Å²) >= 11 is 0. The number of nitrogens with zero attached hydrogens (tertiary/aromatic N) is 4. The highest BCUT2D eigenvalue weighted by atomic mass is 19.1. The summed E-state index contributed by atoms with van der Waals surface area (Å²) in [6.07, 6.45) is 8.55. The van der Waals surface area contributed by atoms with Crippen LogP contribution in [-0.4, -0.2) is 40.8 Å². The summed E-state index contributed by atoms with van der Waals surface area (Å²) in [4.78, 5) is 7.21. The summed E-state index contributed by atoms with van der Waals surface area (Å²) in [5, 5.41) is 3.28. The van der Waals surface area contributed by atoms with Gasteiger partial charge in [0.2, 0.25) is 0 Å². The molecule has 2 aliphatic heterocycles. The summed E-state index contributed by atoms with van der Waals surface area (Å²) in [5.41, 5.74) is 6.93. The van der Waals surface area contributed by atoms with E-state index in [1.165, 1.54) is 41.9 Å². The number of imidazole rings is 1. The van der Waals surface area contributed by atoms with Gasteiger partial charge in [-0.2, -0.15) is 0 Å². The van der Waals surface area contributed by atoms with Gasteiger partial charge in [-0.1, -0.05) is 12.1 Å². The van der Waals surface area contributed by atoms with Crippen LogP contribution in [0.5, 0.6) is 0 Å². The number of hydrogen-bond donors (Lipinski definition) is 1. The van der Waals surface area contributed by atoms with Gasteiger partial charge in [0.05, 0.1) is 11.4 Å². The molecule has 2 aromatic carbocycles. The smallest absolute Gasteiger partial charge is 0.161 e. The Hall–Kier alpha value is -3.38. The third-order valence-electron chi connectivity index (χ3n) is 7.06. The number of fused-ring (bicyclic) bond motifs is 5. The van der Waals surface area contributed by atoms with E-state index in [-0.39, 0.29) is 5.82 Å². The molecule has 5 nitrogen and oxygen atoms in total. The maximum absolute atomic E-state index is 13.4. The van der Waals surface area contributed by atoms with Crippen LogP contribution in [0.2, 0.25) is 0 Å². The predicted octanol–water partition coefficient (Wildman–Crippen LogP) is 4.94. The SMILES string of the molecule is CNCCC1CCN(c2ccc3c(c2)Cn2cc(-c4ccc(F)cc4)cc2-c2nccn2-3)C1. The highest BCUT2D eigenvalue weighted by Crippen LogP contribution is 2.36. The predicted molar refractivity (Wildman–Crippen MR) is 130 cm³/mol. The first-order chi connectivity index (χ1) is 16.2. The van der Waals surface area contributed by atoms with Gasteiger partial charge in [0.15, 0.2) is 5.82 Å². The number of rotatable bonds is 5. The third kappa shape index (κ3) is 3.64. The van der Waals surface area contributed by atoms with Gasteiger partial charge in [-0.05, 0) is 79.9 Å². The molecule has 0 bridgehead atoms. The fourth-order valence-corrected chi connectivity index (χ4v) is 5.28. The van der Waals surface area contributed by atoms with Crippen LogP contribution < -0.4 is 10.2 Å². The molecule has 1 fully saturated rings. The lowest BCUT2D eigenvalue weighted by Crippen LogP contribution is -2.21. The van der Waals surface area contributed by atoms with E-state index in [0.29, 0.717) is 0 Å². The molecule has 1 unspecified atom stereocenters. The van der Waals surface area contributed by atoms with Crippen molar-refractivity contribution >= 4 is 5.69 Å². The van der Waals surface area contributed by atoms with Gasteiger partial charge in [-0.3, -0.25) is 4.57 Å². The van der Waals surface area contributed by atoms with E-state index in [9.17, 15) is 4.39 Å². The van der Waals surface area contributed by atoms with E-state index < -0.39 is 0 Å². The molecule has 4 aromatic rings. The fourth-order valence-electron chi connectivity index (χ4n) is 5.28. The Balaban J connectivity index is 1.36. The molecule has 0 aliphatic carbocycles. The Labute approximate surface area is 193 Å². The topological polar surface area (TPSA) is 38.0 Å². The average Bonchev–Trinajstić information content (AvgIpc) is 3.57. The number of benzene rings is 2. The summed E-state index contributed by atoms with van der Waals surface area (Å²) in [6.45, 7) is 4.10. The van der Waals surface area contributed by atoms with Crippen molar-refractivity contribution in [1.29, 1.82) is 0 Å². The van der Waals surface area contributed by atoms with Crippen molar-refractivity contribution in [2.24, 2.45) is 5.92 Å². The Kier molecular flexibility index (Phi) is 5.03. The summed E-state index contributed by atoms with van der Waals surface area (Å²) in [5.74, 6) is 1.47. The lowest BCUT2D eigenvalue weighted by Gasteiger charge is -2.21. The Morgan fingerprint density at radius 2 is 1.97 bits per heavy atom. The summed E-state index contributed by atoms with van der Waals surface area (Å²) in [6, 6.07) is 15.7. The van der Waals surface area contributed by atoms with Gasteiger partial charge in [0.1, 0.15) is 5.82 Å². The molecule has 33 heavy (non-hydrogen) atoms. The van der Waals surface area contributed by atoms with E-state index in [2.05, 4.69) is 54.8 Å². The maximum atomic E-state index is 13.4.